The summed E-state index contributed by atoms with van der Waals surface area (Å²) in [7, 11) is 0. The van der Waals surface area contributed by atoms with Gasteiger partial charge in [0.05, 0.1) is 0 Å². The van der Waals surface area contributed by atoms with Crippen LogP contribution in [0.1, 0.15) is 129 Å². The lowest BCUT2D eigenvalue weighted by Crippen LogP contribution is -2.12. The molecule has 0 heterocycles. The first-order valence-electron chi connectivity index (χ1n) is 25.1. The zero-order chi connectivity index (χ0) is 46.1. The highest BCUT2D eigenvalue weighted by Crippen LogP contribution is 2.55. The summed E-state index contributed by atoms with van der Waals surface area (Å²) in [5.74, 6) is 1.11. The van der Waals surface area contributed by atoms with Gasteiger partial charge in [0.1, 0.15) is 0 Å². The molecule has 0 atom stereocenters. The van der Waals surface area contributed by atoms with E-state index in [0.717, 1.165) is 0 Å². The Balaban J connectivity index is 1.14. The number of hydrogen-bond donors (Lipinski definition) is 0. The Labute approximate surface area is 392 Å². The highest BCUT2D eigenvalue weighted by atomic mass is 14.3. The zero-order valence-corrected chi connectivity index (χ0v) is 41.2. The van der Waals surface area contributed by atoms with Crippen LogP contribution in [0.5, 0.6) is 0 Å². The van der Waals surface area contributed by atoms with Crippen molar-refractivity contribution in [1.82, 2.24) is 0 Å². The molecule has 0 unspecified atom stereocenters. The van der Waals surface area contributed by atoms with Gasteiger partial charge in [-0.15, -0.1) is 0 Å². The molecular formula is C67H58. The Bertz CT molecular complexity index is 4230. The summed E-state index contributed by atoms with van der Waals surface area (Å²) < 4.78 is 0. The molecule has 0 saturated carbocycles. The van der Waals surface area contributed by atoms with Crippen LogP contribution in [0.15, 0.2) is 115 Å². The van der Waals surface area contributed by atoms with Crippen LogP contribution in [-0.4, -0.2) is 0 Å². The molecule has 0 heteroatoms. The van der Waals surface area contributed by atoms with Gasteiger partial charge in [-0.3, -0.25) is 0 Å². The third-order valence-corrected chi connectivity index (χ3v) is 16.8. The maximum atomic E-state index is 2.62. The van der Waals surface area contributed by atoms with E-state index >= 15 is 0 Å². The number of rotatable bonds is 3. The van der Waals surface area contributed by atoms with Crippen LogP contribution in [0.2, 0.25) is 0 Å². The van der Waals surface area contributed by atoms with Crippen molar-refractivity contribution >= 4 is 140 Å². The molecule has 14 aromatic carbocycles. The first-order chi connectivity index (χ1) is 32.0. The lowest BCUT2D eigenvalue weighted by molar-refractivity contribution is 0.590. The molecular weight excluding hydrogens is 805 g/mol. The smallest absolute Gasteiger partial charge is 0.00137 e. The summed E-state index contributed by atoms with van der Waals surface area (Å²) in [6.45, 7) is 28.6. The fourth-order valence-corrected chi connectivity index (χ4v) is 13.7. The summed E-state index contributed by atoms with van der Waals surface area (Å²) in [5.41, 5.74) is 7.25. The zero-order valence-electron chi connectivity index (χ0n) is 41.2. The SMILES string of the molecule is CC(C)c1ccc2c3ccc4c5cc6c(C(C)C)c7c8ccc9c%10cc(C(C)(C)C)cc%11cc(C(C)(C)C)cc(c%12ccc(c7c(C(C)C)c6cc5c5ccc(c6cccc1c62)c3c54)c8c%129)c%11%10. The van der Waals surface area contributed by atoms with Crippen molar-refractivity contribution in [2.24, 2.45) is 0 Å². The molecule has 67 heavy (non-hydrogen) atoms. The monoisotopic (exact) mass is 862 g/mol. The van der Waals surface area contributed by atoms with Crippen LogP contribution in [0.3, 0.4) is 0 Å². The second-order valence-electron chi connectivity index (χ2n) is 23.7. The molecule has 326 valence electrons. The molecule has 0 aromatic heterocycles. The van der Waals surface area contributed by atoms with E-state index in [1.54, 1.807) is 0 Å². The fraction of sp³-hybridized carbons (Fsp3) is 0.254. The van der Waals surface area contributed by atoms with Crippen LogP contribution < -0.4 is 0 Å². The van der Waals surface area contributed by atoms with Gasteiger partial charge in [0.25, 0.3) is 0 Å². The van der Waals surface area contributed by atoms with Gasteiger partial charge in [-0.05, 0) is 221 Å². The number of benzene rings is 12. The third-order valence-electron chi connectivity index (χ3n) is 16.8. The first-order valence-corrected chi connectivity index (χ1v) is 25.1. The molecule has 0 aliphatic rings. The predicted molar refractivity (Wildman–Crippen MR) is 298 cm³/mol. The molecule has 0 N–H and O–H groups in total. The second-order valence-corrected chi connectivity index (χ2v) is 23.7. The van der Waals surface area contributed by atoms with E-state index < -0.39 is 0 Å². The summed E-state index contributed by atoms with van der Waals surface area (Å²) in [6, 6.07) is 46.9. The third kappa shape index (κ3) is 4.89. The van der Waals surface area contributed by atoms with Gasteiger partial charge in [-0.25, -0.2) is 0 Å². The number of fused-ring (bicyclic) bond motifs is 11. The highest BCUT2D eigenvalue weighted by molar-refractivity contribution is 6.45. The van der Waals surface area contributed by atoms with Crippen molar-refractivity contribution in [2.45, 2.75) is 112 Å². The van der Waals surface area contributed by atoms with Crippen LogP contribution in [0, 0.1) is 0 Å². The molecule has 0 amide bonds. The fourth-order valence-electron chi connectivity index (χ4n) is 13.7. The molecule has 0 bridgehead atoms. The molecule has 0 aliphatic carbocycles. The quantitative estimate of drug-likeness (QED) is 0.123. The summed E-state index contributed by atoms with van der Waals surface area (Å²) >= 11 is 0. The predicted octanol–water partition coefficient (Wildman–Crippen LogP) is 20.4. The molecule has 0 nitrogen and oxygen atoms in total. The van der Waals surface area contributed by atoms with Gasteiger partial charge in [-0.1, -0.05) is 174 Å². The molecule has 14 aromatic rings. The molecule has 0 saturated heterocycles. The van der Waals surface area contributed by atoms with Gasteiger partial charge < -0.3 is 0 Å². The van der Waals surface area contributed by atoms with E-state index in [9.17, 15) is 0 Å². The highest BCUT2D eigenvalue weighted by Gasteiger charge is 2.29. The molecule has 0 fully saturated rings. The number of hydrogen-bond acceptors (Lipinski definition) is 0. The summed E-state index contributed by atoms with van der Waals surface area (Å²) in [4.78, 5) is 0. The maximum Gasteiger partial charge on any atom is -0.00137 e. The van der Waals surface area contributed by atoms with Crippen LogP contribution in [-0.2, 0) is 10.8 Å². The van der Waals surface area contributed by atoms with Crippen molar-refractivity contribution in [3.8, 4) is 0 Å². The second kappa shape index (κ2) is 12.7. The lowest BCUT2D eigenvalue weighted by Gasteiger charge is -2.25. The van der Waals surface area contributed by atoms with Gasteiger partial charge in [0.15, 0.2) is 0 Å². The van der Waals surface area contributed by atoms with Crippen LogP contribution in [0.25, 0.3) is 140 Å². The minimum atomic E-state index is 0.0244. The Morgan fingerprint density at radius 3 is 1.06 bits per heavy atom. The van der Waals surface area contributed by atoms with Gasteiger partial charge in [0, 0.05) is 0 Å². The standard InChI is InChI=1S/C67H58/c1-32(2)38-16-17-41-43-19-21-45-51-31-55-54(30-50(51)44-20-18-42(60(43)61(44)45)40-15-13-14-39(38)59(40)41)56(33(3)4)64-48-24-22-46-52-28-36(66(7,8)9)26-35-27-37(67(10,11)12)29-53(58(35)52)47-23-25-49(63(48)62(46)47)65(64)57(55)34(5)6/h13-34H,1-12H3. The minimum absolute atomic E-state index is 0.0244. The summed E-state index contributed by atoms with van der Waals surface area (Å²) in [6.07, 6.45) is 0. The first kappa shape index (κ1) is 39.6. The van der Waals surface area contributed by atoms with Crippen molar-refractivity contribution in [3.63, 3.8) is 0 Å². The van der Waals surface area contributed by atoms with E-state index in [4.69, 9.17) is 0 Å². The average Bonchev–Trinajstić information content (AvgIpc) is 3.79. The summed E-state index contributed by atoms with van der Waals surface area (Å²) in [5, 5.41) is 36.4. The van der Waals surface area contributed by atoms with Crippen LogP contribution in [0.4, 0.5) is 0 Å². The maximum absolute atomic E-state index is 2.62. The average molecular weight is 863 g/mol. The van der Waals surface area contributed by atoms with E-state index in [1.165, 1.54) is 168 Å². The minimum Gasteiger partial charge on any atom is -0.0610 e. The lowest BCUT2D eigenvalue weighted by atomic mass is 9.79. The van der Waals surface area contributed by atoms with Gasteiger partial charge >= 0.3 is 0 Å². The Hall–Kier alpha value is -6.50. The van der Waals surface area contributed by atoms with E-state index in [0.29, 0.717) is 17.8 Å². The molecule has 0 spiro atoms. The molecule has 0 radical (unpaired) electrons. The van der Waals surface area contributed by atoms with E-state index in [-0.39, 0.29) is 10.8 Å². The normalized spacial score (nSPS) is 13.8. The largest absolute Gasteiger partial charge is 0.0610 e. The Kier molecular flexibility index (Phi) is 7.53. The van der Waals surface area contributed by atoms with Crippen molar-refractivity contribution in [1.29, 1.82) is 0 Å². The topological polar surface area (TPSA) is 0 Å². The Morgan fingerprint density at radius 2 is 0.627 bits per heavy atom. The van der Waals surface area contributed by atoms with E-state index in [1.807, 2.05) is 0 Å². The van der Waals surface area contributed by atoms with Gasteiger partial charge in [-0.2, -0.15) is 0 Å². The van der Waals surface area contributed by atoms with Crippen molar-refractivity contribution in [3.05, 3.63) is 143 Å². The Morgan fingerprint density at radius 1 is 0.269 bits per heavy atom. The van der Waals surface area contributed by atoms with E-state index in [2.05, 4.69) is 198 Å². The molecule has 0 aliphatic heterocycles. The van der Waals surface area contributed by atoms with Crippen LogP contribution >= 0.6 is 0 Å². The van der Waals surface area contributed by atoms with Crippen molar-refractivity contribution in [2.75, 3.05) is 0 Å². The van der Waals surface area contributed by atoms with Crippen molar-refractivity contribution < 1.29 is 0 Å². The molecule has 14 rings (SSSR count). The van der Waals surface area contributed by atoms with Gasteiger partial charge in [0.2, 0.25) is 0 Å².